The number of anilines is 2. The van der Waals surface area contributed by atoms with E-state index in [1.54, 1.807) is 42.5 Å². The predicted octanol–water partition coefficient (Wildman–Crippen LogP) is 8.04. The van der Waals surface area contributed by atoms with Crippen LogP contribution in [-0.4, -0.2) is 17.9 Å². The Morgan fingerprint density at radius 3 is 2.21 bits per heavy atom. The maximum atomic E-state index is 14.2. The van der Waals surface area contributed by atoms with E-state index in [4.69, 9.17) is 4.74 Å². The van der Waals surface area contributed by atoms with Crippen molar-refractivity contribution in [3.63, 3.8) is 0 Å². The van der Waals surface area contributed by atoms with E-state index in [-0.39, 0.29) is 29.4 Å². The van der Waals surface area contributed by atoms with Crippen LogP contribution in [0, 0.1) is 6.92 Å². The third kappa shape index (κ3) is 5.78. The molecule has 0 bridgehead atoms. The fraction of sp³-hybridized carbons (Fsp3) is 0.200. The van der Waals surface area contributed by atoms with E-state index in [2.05, 4.69) is 5.32 Å². The van der Waals surface area contributed by atoms with E-state index in [0.29, 0.717) is 40.6 Å². The summed E-state index contributed by atoms with van der Waals surface area (Å²) in [7, 11) is 0. The van der Waals surface area contributed by atoms with Gasteiger partial charge in [0.25, 0.3) is 0 Å². The molecule has 6 rings (SSSR count). The summed E-state index contributed by atoms with van der Waals surface area (Å²) in [6, 6.07) is 29.1. The van der Waals surface area contributed by atoms with Gasteiger partial charge in [0.05, 0.1) is 17.4 Å². The molecule has 0 saturated carbocycles. The van der Waals surface area contributed by atoms with Gasteiger partial charge in [0.1, 0.15) is 12.4 Å². The highest BCUT2D eigenvalue weighted by Crippen LogP contribution is 2.48. The Morgan fingerprint density at radius 1 is 0.860 bits per heavy atom. The topological polar surface area (TPSA) is 58.6 Å². The van der Waals surface area contributed by atoms with Gasteiger partial charge in [0, 0.05) is 17.7 Å². The van der Waals surface area contributed by atoms with E-state index >= 15 is 0 Å². The summed E-state index contributed by atoms with van der Waals surface area (Å²) in [5.41, 5.74) is 4.46. The number of ketones is 1. The molecule has 4 aromatic rings. The number of alkyl halides is 3. The number of amides is 1. The van der Waals surface area contributed by atoms with E-state index in [1.807, 2.05) is 61.5 Å². The molecule has 1 N–H and O–H groups in total. The minimum Gasteiger partial charge on any atom is -0.489 e. The largest absolute Gasteiger partial charge is 0.489 e. The molecule has 2 atom stereocenters. The first-order chi connectivity index (χ1) is 20.7. The number of carbonyl (C=O) groups excluding carboxylic acids is 2. The van der Waals surface area contributed by atoms with Gasteiger partial charge in [-0.3, -0.25) is 14.5 Å². The van der Waals surface area contributed by atoms with E-state index in [9.17, 15) is 22.8 Å². The van der Waals surface area contributed by atoms with Crippen LogP contribution < -0.4 is 15.0 Å². The molecular formula is C35H29F3N2O3. The average molecular weight is 583 g/mol. The Kier molecular flexibility index (Phi) is 7.52. The Bertz CT molecular complexity index is 1680. The van der Waals surface area contributed by atoms with Crippen molar-refractivity contribution in [2.45, 2.75) is 44.5 Å². The van der Waals surface area contributed by atoms with Crippen LogP contribution in [0.5, 0.6) is 5.75 Å². The van der Waals surface area contributed by atoms with Crippen molar-refractivity contribution in [1.29, 1.82) is 0 Å². The zero-order chi connectivity index (χ0) is 30.1. The minimum atomic E-state index is -5.17. The second-order valence-corrected chi connectivity index (χ2v) is 10.9. The number of rotatable bonds is 5. The van der Waals surface area contributed by atoms with Crippen molar-refractivity contribution in [2.24, 2.45) is 0 Å². The lowest BCUT2D eigenvalue weighted by Gasteiger charge is -2.35. The number of ether oxygens (including phenoxy) is 1. The molecule has 0 aromatic heterocycles. The second kappa shape index (κ2) is 11.4. The zero-order valence-corrected chi connectivity index (χ0v) is 23.4. The van der Waals surface area contributed by atoms with E-state index < -0.39 is 18.1 Å². The summed E-state index contributed by atoms with van der Waals surface area (Å²) in [4.78, 5) is 27.8. The normalized spacial score (nSPS) is 18.3. The summed E-state index contributed by atoms with van der Waals surface area (Å²) in [5.74, 6) is -2.00. The maximum Gasteiger partial charge on any atom is 0.471 e. The number of Topliss-reactive ketones (excluding diaryl/α,β-unsaturated/α-hetero) is 1. The van der Waals surface area contributed by atoms with Crippen LogP contribution in [0.3, 0.4) is 0 Å². The highest BCUT2D eigenvalue weighted by atomic mass is 19.4. The molecule has 0 fully saturated rings. The van der Waals surface area contributed by atoms with Crippen LogP contribution in [-0.2, 0) is 16.2 Å². The standard InChI is InChI=1S/C35H29F3N2O3/c1-22-11-13-24(14-12-22)26-19-29-32(31(41)20-26)33(25-15-17-27(18-16-25)43-21-23-7-3-2-4-8-23)40(34(42)35(36,37)38)30-10-6-5-9-28(30)39-29/h2-18,26,33,39H,19-21H2,1H3. The molecule has 1 aliphatic heterocycles. The predicted molar refractivity (Wildman–Crippen MR) is 159 cm³/mol. The number of fused-ring (bicyclic) bond motifs is 1. The number of allylic oxidation sites excluding steroid dienone is 1. The molecule has 4 aromatic carbocycles. The number of nitrogens with one attached hydrogen (secondary N) is 1. The van der Waals surface area contributed by atoms with E-state index in [0.717, 1.165) is 16.7 Å². The van der Waals surface area contributed by atoms with E-state index in [1.165, 1.54) is 6.07 Å². The van der Waals surface area contributed by atoms with Crippen molar-refractivity contribution >= 4 is 23.1 Å². The van der Waals surface area contributed by atoms with Gasteiger partial charge in [0.2, 0.25) is 0 Å². The van der Waals surface area contributed by atoms with Gasteiger partial charge in [-0.05, 0) is 60.2 Å². The molecule has 1 aliphatic carbocycles. The van der Waals surface area contributed by atoms with Gasteiger partial charge in [-0.25, -0.2) is 0 Å². The van der Waals surface area contributed by atoms with Crippen LogP contribution >= 0.6 is 0 Å². The summed E-state index contributed by atoms with van der Waals surface area (Å²) < 4.78 is 48.4. The van der Waals surface area contributed by atoms with Crippen LogP contribution in [0.1, 0.15) is 47.1 Å². The summed E-state index contributed by atoms with van der Waals surface area (Å²) in [6.45, 7) is 2.29. The maximum absolute atomic E-state index is 14.2. The Morgan fingerprint density at radius 2 is 1.51 bits per heavy atom. The number of hydrogen-bond donors (Lipinski definition) is 1. The number of carbonyl (C=O) groups is 2. The lowest BCUT2D eigenvalue weighted by atomic mass is 9.78. The van der Waals surface area contributed by atoms with Gasteiger partial charge in [-0.15, -0.1) is 0 Å². The molecule has 2 aliphatic rings. The molecule has 0 spiro atoms. The summed E-state index contributed by atoms with van der Waals surface area (Å²) in [6.07, 6.45) is -4.65. The third-order valence-corrected chi connectivity index (χ3v) is 7.94. The van der Waals surface area contributed by atoms with Crippen molar-refractivity contribution in [1.82, 2.24) is 0 Å². The summed E-state index contributed by atoms with van der Waals surface area (Å²) in [5, 5.41) is 3.26. The number of para-hydroxylation sites is 2. The van der Waals surface area contributed by atoms with Crippen molar-refractivity contribution in [3.8, 4) is 5.75 Å². The number of hydrogen-bond acceptors (Lipinski definition) is 4. The van der Waals surface area contributed by atoms with Crippen LogP contribution in [0.25, 0.3) is 0 Å². The van der Waals surface area contributed by atoms with Gasteiger partial charge in [-0.1, -0.05) is 84.4 Å². The van der Waals surface area contributed by atoms with Crippen molar-refractivity contribution < 1.29 is 27.5 Å². The Hall–Kier alpha value is -4.85. The fourth-order valence-electron chi connectivity index (χ4n) is 5.83. The van der Waals surface area contributed by atoms with Crippen molar-refractivity contribution in [3.05, 3.63) is 137 Å². The quantitative estimate of drug-likeness (QED) is 0.259. The Labute approximate surface area is 247 Å². The molecule has 0 saturated heterocycles. The molecular weight excluding hydrogens is 553 g/mol. The second-order valence-electron chi connectivity index (χ2n) is 10.9. The fourth-order valence-corrected chi connectivity index (χ4v) is 5.83. The SMILES string of the molecule is Cc1ccc(C2CC(=O)C3=C(C2)Nc2ccccc2N(C(=O)C(F)(F)F)C3c2ccc(OCc3ccccc3)cc2)cc1. The lowest BCUT2D eigenvalue weighted by Crippen LogP contribution is -2.45. The first-order valence-corrected chi connectivity index (χ1v) is 14.0. The smallest absolute Gasteiger partial charge is 0.471 e. The molecule has 43 heavy (non-hydrogen) atoms. The van der Waals surface area contributed by atoms with Gasteiger partial charge >= 0.3 is 12.1 Å². The van der Waals surface area contributed by atoms with Crippen LogP contribution in [0.4, 0.5) is 24.5 Å². The first kappa shape index (κ1) is 28.3. The van der Waals surface area contributed by atoms with Gasteiger partial charge < -0.3 is 10.1 Å². The number of nitrogens with zero attached hydrogens (tertiary/aromatic N) is 1. The monoisotopic (exact) mass is 582 g/mol. The minimum absolute atomic E-state index is 0.0494. The highest BCUT2D eigenvalue weighted by Gasteiger charge is 2.50. The average Bonchev–Trinajstić information content (AvgIpc) is 3.15. The van der Waals surface area contributed by atoms with Gasteiger partial charge in [-0.2, -0.15) is 13.2 Å². The lowest BCUT2D eigenvalue weighted by molar-refractivity contribution is -0.170. The number of halogens is 3. The summed E-state index contributed by atoms with van der Waals surface area (Å²) >= 11 is 0. The molecule has 218 valence electrons. The third-order valence-electron chi connectivity index (χ3n) is 7.94. The molecule has 8 heteroatoms. The number of aryl methyl sites for hydroxylation is 1. The highest BCUT2D eigenvalue weighted by molar-refractivity contribution is 6.07. The van der Waals surface area contributed by atoms with Crippen molar-refractivity contribution in [2.75, 3.05) is 10.2 Å². The molecule has 2 unspecified atom stereocenters. The van der Waals surface area contributed by atoms with Gasteiger partial charge in [0.15, 0.2) is 5.78 Å². The van der Waals surface area contributed by atoms with Crippen LogP contribution in [0.15, 0.2) is 114 Å². The molecule has 1 heterocycles. The number of benzene rings is 4. The van der Waals surface area contributed by atoms with Crippen LogP contribution in [0.2, 0.25) is 0 Å². The molecule has 5 nitrogen and oxygen atoms in total. The Balaban J connectivity index is 1.44. The molecule has 0 radical (unpaired) electrons. The zero-order valence-electron chi connectivity index (χ0n) is 23.4. The first-order valence-electron chi connectivity index (χ1n) is 14.0. The molecule has 1 amide bonds.